The molecule has 0 fully saturated rings. The number of fused-ring (bicyclic) bond motifs is 1. The summed E-state index contributed by atoms with van der Waals surface area (Å²) in [7, 11) is 0. The minimum absolute atomic E-state index is 0. The molecule has 0 aliphatic carbocycles. The first-order valence-corrected chi connectivity index (χ1v) is 9.21. The molecular weight excluding hydrogens is 452 g/mol. The highest BCUT2D eigenvalue weighted by atomic mass is 79.9. The Labute approximate surface area is 183 Å². The van der Waals surface area contributed by atoms with Crippen molar-refractivity contribution in [1.82, 2.24) is 4.90 Å². The molecule has 1 aliphatic rings. The Hall–Kier alpha value is -3.10. The van der Waals surface area contributed by atoms with Gasteiger partial charge in [-0.15, -0.1) is 17.0 Å². The molecule has 0 saturated carbocycles. The molecule has 156 valence electrons. The van der Waals surface area contributed by atoms with Gasteiger partial charge in [0.25, 0.3) is 0 Å². The minimum atomic E-state index is -0.550. The predicted molar refractivity (Wildman–Crippen MR) is 117 cm³/mol. The fourth-order valence-electron chi connectivity index (χ4n) is 3.98. The average Bonchev–Trinajstić information content (AvgIpc) is 2.69. The highest BCUT2D eigenvalue weighted by Gasteiger charge is 2.34. The van der Waals surface area contributed by atoms with E-state index in [1.165, 1.54) is 18.2 Å². The lowest BCUT2D eigenvalue weighted by atomic mass is 9.83. The van der Waals surface area contributed by atoms with Gasteiger partial charge in [-0.25, -0.2) is 0 Å². The summed E-state index contributed by atoms with van der Waals surface area (Å²) in [6.07, 6.45) is 0. The van der Waals surface area contributed by atoms with Crippen molar-refractivity contribution in [2.24, 2.45) is 0 Å². The lowest BCUT2D eigenvalue weighted by Gasteiger charge is -2.35. The van der Waals surface area contributed by atoms with Gasteiger partial charge in [0.05, 0.1) is 10.5 Å². The molecule has 7 nitrogen and oxygen atoms in total. The molecule has 30 heavy (non-hydrogen) atoms. The van der Waals surface area contributed by atoms with Crippen LogP contribution in [0.2, 0.25) is 0 Å². The van der Waals surface area contributed by atoms with E-state index in [1.54, 1.807) is 12.1 Å². The number of nitro benzene ring substituents is 1. The molecule has 1 unspecified atom stereocenters. The van der Waals surface area contributed by atoms with Crippen LogP contribution in [0.4, 0.5) is 5.69 Å². The average molecular weight is 473 g/mol. The Bertz CT molecular complexity index is 1070. The molecule has 3 aromatic rings. The van der Waals surface area contributed by atoms with Gasteiger partial charge in [0.15, 0.2) is 17.2 Å². The number of nitrogens with zero attached hydrogens (tertiary/aromatic N) is 2. The first kappa shape index (κ1) is 21.6. The van der Waals surface area contributed by atoms with Crippen LogP contribution < -0.4 is 0 Å². The zero-order chi connectivity index (χ0) is 20.5. The highest BCUT2D eigenvalue weighted by molar-refractivity contribution is 8.93. The van der Waals surface area contributed by atoms with Crippen LogP contribution in [0.3, 0.4) is 0 Å². The van der Waals surface area contributed by atoms with E-state index in [-0.39, 0.29) is 45.8 Å². The summed E-state index contributed by atoms with van der Waals surface area (Å²) in [5.41, 5.74) is 2.73. The zero-order valence-electron chi connectivity index (χ0n) is 15.9. The maximum atomic E-state index is 11.7. The van der Waals surface area contributed by atoms with Gasteiger partial charge in [0, 0.05) is 25.6 Å². The van der Waals surface area contributed by atoms with Crippen molar-refractivity contribution >= 4 is 22.7 Å². The van der Waals surface area contributed by atoms with Crippen molar-refractivity contribution in [2.75, 3.05) is 6.54 Å². The van der Waals surface area contributed by atoms with Crippen molar-refractivity contribution < 1.29 is 20.2 Å². The van der Waals surface area contributed by atoms with Crippen LogP contribution >= 0.6 is 17.0 Å². The molecule has 8 heteroatoms. The molecular formula is C22H21BrN2O5. The molecule has 3 N–H and O–H groups in total. The van der Waals surface area contributed by atoms with Gasteiger partial charge in [-0.2, -0.15) is 0 Å². The van der Waals surface area contributed by atoms with Crippen molar-refractivity contribution in [3.8, 4) is 17.2 Å². The number of phenolic OH excluding ortho intramolecular Hbond substituents is 3. The summed E-state index contributed by atoms with van der Waals surface area (Å²) < 4.78 is 0. The second-order valence-corrected chi connectivity index (χ2v) is 7.21. The van der Waals surface area contributed by atoms with E-state index in [9.17, 15) is 25.4 Å². The van der Waals surface area contributed by atoms with Gasteiger partial charge in [-0.05, 0) is 34.9 Å². The third-order valence-electron chi connectivity index (χ3n) is 5.33. The zero-order valence-corrected chi connectivity index (χ0v) is 17.6. The van der Waals surface area contributed by atoms with Gasteiger partial charge >= 0.3 is 5.69 Å². The summed E-state index contributed by atoms with van der Waals surface area (Å²) in [6, 6.07) is 17.4. The Kier molecular flexibility index (Phi) is 6.28. The molecule has 0 amide bonds. The summed E-state index contributed by atoms with van der Waals surface area (Å²) in [5, 5.41) is 41.4. The second-order valence-electron chi connectivity index (χ2n) is 7.21. The van der Waals surface area contributed by atoms with E-state index in [1.807, 2.05) is 30.3 Å². The van der Waals surface area contributed by atoms with Gasteiger partial charge in [0.1, 0.15) is 0 Å². The van der Waals surface area contributed by atoms with Crippen LogP contribution in [-0.2, 0) is 13.1 Å². The SMILES string of the molecule is Br.O=[N+]([O-])c1c(O)ccc2c1CN(Cc1ccccc1)CC2c1ccc(O)c(O)c1. The topological polar surface area (TPSA) is 107 Å². The van der Waals surface area contributed by atoms with E-state index in [2.05, 4.69) is 4.90 Å². The summed E-state index contributed by atoms with van der Waals surface area (Å²) in [6.45, 7) is 1.50. The molecule has 0 radical (unpaired) electrons. The molecule has 0 aromatic heterocycles. The number of rotatable bonds is 4. The summed E-state index contributed by atoms with van der Waals surface area (Å²) in [4.78, 5) is 13.2. The van der Waals surface area contributed by atoms with Gasteiger partial charge in [-0.3, -0.25) is 15.0 Å². The fourth-order valence-corrected chi connectivity index (χ4v) is 3.98. The number of halogens is 1. The van der Waals surface area contributed by atoms with Crippen LogP contribution in [0.25, 0.3) is 0 Å². The maximum Gasteiger partial charge on any atom is 0.315 e. The van der Waals surface area contributed by atoms with Crippen LogP contribution in [0.5, 0.6) is 17.2 Å². The van der Waals surface area contributed by atoms with Crippen molar-refractivity contribution in [1.29, 1.82) is 0 Å². The molecule has 0 bridgehead atoms. The predicted octanol–water partition coefficient (Wildman–Crippen LogP) is 4.44. The molecule has 0 saturated heterocycles. The van der Waals surface area contributed by atoms with Crippen LogP contribution in [0, 0.1) is 10.1 Å². The number of hydrogen-bond acceptors (Lipinski definition) is 6. The smallest absolute Gasteiger partial charge is 0.315 e. The van der Waals surface area contributed by atoms with E-state index in [0.29, 0.717) is 25.2 Å². The fraction of sp³-hybridized carbons (Fsp3) is 0.182. The lowest BCUT2D eigenvalue weighted by molar-refractivity contribution is -0.386. The number of benzene rings is 3. The summed E-state index contributed by atoms with van der Waals surface area (Å²) >= 11 is 0. The molecule has 1 aliphatic heterocycles. The number of phenols is 3. The van der Waals surface area contributed by atoms with Gasteiger partial charge in [-0.1, -0.05) is 42.5 Å². The standard InChI is InChI=1S/C22H20N2O5.BrH/c25-19-8-6-15(10-21(19)27)17-12-23(11-14-4-2-1-3-5-14)13-18-16(17)7-9-20(26)22(18)24(28)29;/h1-10,17,25-27H,11-13H2;1H. The van der Waals surface area contributed by atoms with Gasteiger partial charge < -0.3 is 15.3 Å². The Morgan fingerprint density at radius 1 is 0.967 bits per heavy atom. The van der Waals surface area contributed by atoms with E-state index in [4.69, 9.17) is 0 Å². The highest BCUT2D eigenvalue weighted by Crippen LogP contribution is 2.43. The Balaban J connectivity index is 0.00000256. The second kappa shape index (κ2) is 8.73. The van der Waals surface area contributed by atoms with E-state index in [0.717, 1.165) is 16.7 Å². The van der Waals surface area contributed by atoms with Crippen molar-refractivity contribution in [3.63, 3.8) is 0 Å². The lowest BCUT2D eigenvalue weighted by Crippen LogP contribution is -2.34. The monoisotopic (exact) mass is 472 g/mol. The Morgan fingerprint density at radius 3 is 2.33 bits per heavy atom. The minimum Gasteiger partial charge on any atom is -0.504 e. The number of hydrogen-bond donors (Lipinski definition) is 3. The molecule has 1 atom stereocenters. The quantitative estimate of drug-likeness (QED) is 0.294. The van der Waals surface area contributed by atoms with Crippen molar-refractivity contribution in [3.05, 3.63) is 93.0 Å². The maximum absolute atomic E-state index is 11.7. The third-order valence-corrected chi connectivity index (χ3v) is 5.33. The molecule has 0 spiro atoms. The first-order valence-electron chi connectivity index (χ1n) is 9.21. The number of nitro groups is 1. The number of aromatic hydroxyl groups is 3. The summed E-state index contributed by atoms with van der Waals surface area (Å²) in [5.74, 6) is -1.07. The van der Waals surface area contributed by atoms with Crippen LogP contribution in [-0.4, -0.2) is 31.7 Å². The third kappa shape index (κ3) is 4.10. The largest absolute Gasteiger partial charge is 0.504 e. The molecule has 4 rings (SSSR count). The van der Waals surface area contributed by atoms with Crippen molar-refractivity contribution in [2.45, 2.75) is 19.0 Å². The van der Waals surface area contributed by atoms with Gasteiger partial charge in [0.2, 0.25) is 0 Å². The van der Waals surface area contributed by atoms with E-state index >= 15 is 0 Å². The Morgan fingerprint density at radius 2 is 1.67 bits per heavy atom. The normalized spacial score (nSPS) is 15.8. The van der Waals surface area contributed by atoms with E-state index < -0.39 is 4.92 Å². The van der Waals surface area contributed by atoms with Crippen LogP contribution in [0.15, 0.2) is 60.7 Å². The van der Waals surface area contributed by atoms with Crippen LogP contribution in [0.1, 0.15) is 28.2 Å². The first-order chi connectivity index (χ1) is 13.9. The molecule has 1 heterocycles. The molecule has 3 aromatic carbocycles.